The molecule has 0 radical (unpaired) electrons. The van der Waals surface area contributed by atoms with Crippen LogP contribution >= 0.6 is 0 Å². The number of aromatic nitrogens is 1. The molecule has 0 spiro atoms. The van der Waals surface area contributed by atoms with Gasteiger partial charge in [0.05, 0.1) is 6.61 Å². The molecular formula is C40H43NO4. The van der Waals surface area contributed by atoms with Gasteiger partial charge in [-0.15, -0.1) is 0 Å². The molecular weight excluding hydrogens is 558 g/mol. The molecule has 5 rings (SSSR count). The van der Waals surface area contributed by atoms with E-state index in [1.807, 2.05) is 48.7 Å². The Hall–Kier alpha value is -4.77. The van der Waals surface area contributed by atoms with Crippen molar-refractivity contribution in [2.75, 3.05) is 6.61 Å². The summed E-state index contributed by atoms with van der Waals surface area (Å²) in [7, 11) is 0. The van der Waals surface area contributed by atoms with E-state index in [1.165, 1.54) is 18.4 Å². The molecule has 1 aromatic heterocycles. The zero-order valence-electron chi connectivity index (χ0n) is 26.0. The molecule has 0 aliphatic rings. The number of aryl methyl sites for hydroxylation is 2. The summed E-state index contributed by atoms with van der Waals surface area (Å²) in [6.45, 7) is 2.66. The van der Waals surface area contributed by atoms with Crippen LogP contribution in [0, 0.1) is 5.92 Å². The minimum absolute atomic E-state index is 0.0757. The van der Waals surface area contributed by atoms with E-state index in [1.54, 1.807) is 24.3 Å². The van der Waals surface area contributed by atoms with Gasteiger partial charge in [0.25, 0.3) is 0 Å². The topological polar surface area (TPSA) is 82.6 Å². The zero-order valence-corrected chi connectivity index (χ0v) is 26.0. The summed E-state index contributed by atoms with van der Waals surface area (Å²) in [5, 5.41) is 21.7. The summed E-state index contributed by atoms with van der Waals surface area (Å²) in [6, 6.07) is 29.5. The second-order valence-corrected chi connectivity index (χ2v) is 12.0. The van der Waals surface area contributed by atoms with Gasteiger partial charge in [-0.2, -0.15) is 0 Å². The number of unbranched alkanes of at least 4 members (excludes halogenated alkanes) is 1. The minimum Gasteiger partial charge on any atom is -0.508 e. The smallest absolute Gasteiger partial charge is 0.161 e. The van der Waals surface area contributed by atoms with Crippen LogP contribution in [0.4, 0.5) is 0 Å². The van der Waals surface area contributed by atoms with Crippen LogP contribution in [0.15, 0.2) is 109 Å². The highest BCUT2D eigenvalue weighted by molar-refractivity contribution is 5.89. The molecule has 1 atom stereocenters. The van der Waals surface area contributed by atoms with Crippen LogP contribution in [0.1, 0.15) is 55.7 Å². The first-order valence-electron chi connectivity index (χ1n) is 16.0. The molecule has 0 bridgehead atoms. The van der Waals surface area contributed by atoms with E-state index in [4.69, 9.17) is 4.74 Å². The van der Waals surface area contributed by atoms with Crippen LogP contribution in [0.25, 0.3) is 22.0 Å². The highest BCUT2D eigenvalue weighted by Gasteiger charge is 2.11. The molecule has 0 amide bonds. The average Bonchev–Trinajstić information content (AvgIpc) is 3.53. The lowest BCUT2D eigenvalue weighted by atomic mass is 9.96. The SMILES string of the molecule is CC(CCCC=CC(=O)CCc1ccc(O)c(OCCc2ccc(O)cc2-c2ccc3[nH]ccc3c2)c1)CCc1ccccc1. The average molecular weight is 602 g/mol. The van der Waals surface area contributed by atoms with E-state index in [-0.39, 0.29) is 17.3 Å². The van der Waals surface area contributed by atoms with Gasteiger partial charge in [-0.05, 0) is 120 Å². The summed E-state index contributed by atoms with van der Waals surface area (Å²) < 4.78 is 6.00. The molecule has 4 aromatic carbocycles. The second-order valence-electron chi connectivity index (χ2n) is 12.0. The third kappa shape index (κ3) is 9.36. The van der Waals surface area contributed by atoms with E-state index < -0.39 is 0 Å². The molecule has 1 heterocycles. The summed E-state index contributed by atoms with van der Waals surface area (Å²) in [5.74, 6) is 1.48. The maximum atomic E-state index is 12.5. The number of rotatable bonds is 16. The van der Waals surface area contributed by atoms with Crippen LogP contribution < -0.4 is 4.74 Å². The predicted octanol–water partition coefficient (Wildman–Crippen LogP) is 9.36. The number of aromatic hydroxyl groups is 2. The number of benzene rings is 4. The van der Waals surface area contributed by atoms with E-state index in [9.17, 15) is 15.0 Å². The van der Waals surface area contributed by atoms with Gasteiger partial charge < -0.3 is 19.9 Å². The lowest BCUT2D eigenvalue weighted by Crippen LogP contribution is -2.04. The van der Waals surface area contributed by atoms with Crippen molar-refractivity contribution in [3.8, 4) is 28.4 Å². The summed E-state index contributed by atoms with van der Waals surface area (Å²) in [5.41, 5.74) is 6.41. The zero-order chi connectivity index (χ0) is 31.4. The Balaban J connectivity index is 1.06. The molecule has 45 heavy (non-hydrogen) atoms. The highest BCUT2D eigenvalue weighted by Crippen LogP contribution is 2.32. The second kappa shape index (κ2) is 15.8. The van der Waals surface area contributed by atoms with E-state index in [0.717, 1.165) is 52.4 Å². The molecule has 5 aromatic rings. The van der Waals surface area contributed by atoms with Crippen molar-refractivity contribution in [1.29, 1.82) is 0 Å². The van der Waals surface area contributed by atoms with Gasteiger partial charge in [0.15, 0.2) is 17.3 Å². The Labute approximate surface area is 266 Å². The highest BCUT2D eigenvalue weighted by atomic mass is 16.5. The molecule has 0 aliphatic carbocycles. The fraction of sp³-hybridized carbons (Fsp3) is 0.275. The van der Waals surface area contributed by atoms with Crippen molar-refractivity contribution in [3.05, 3.63) is 126 Å². The van der Waals surface area contributed by atoms with Crippen molar-refractivity contribution in [1.82, 2.24) is 4.98 Å². The van der Waals surface area contributed by atoms with Crippen molar-refractivity contribution in [3.63, 3.8) is 0 Å². The third-order valence-electron chi connectivity index (χ3n) is 8.41. The Morgan fingerprint density at radius 2 is 1.73 bits per heavy atom. The third-order valence-corrected chi connectivity index (χ3v) is 8.41. The maximum Gasteiger partial charge on any atom is 0.161 e. The minimum atomic E-state index is 0.0757. The van der Waals surface area contributed by atoms with Gasteiger partial charge in [-0.25, -0.2) is 0 Å². The molecule has 0 saturated carbocycles. The molecule has 0 saturated heterocycles. The van der Waals surface area contributed by atoms with Gasteiger partial charge in [0.2, 0.25) is 0 Å². The number of carbonyl (C=O) groups is 1. The number of ether oxygens (including phenoxy) is 1. The Bertz CT molecular complexity index is 1720. The molecule has 0 fully saturated rings. The Morgan fingerprint density at radius 3 is 2.60 bits per heavy atom. The lowest BCUT2D eigenvalue weighted by molar-refractivity contribution is -0.114. The number of hydrogen-bond acceptors (Lipinski definition) is 4. The summed E-state index contributed by atoms with van der Waals surface area (Å²) in [6.07, 6.45) is 12.7. The summed E-state index contributed by atoms with van der Waals surface area (Å²) >= 11 is 0. The van der Waals surface area contributed by atoms with E-state index in [2.05, 4.69) is 48.3 Å². The predicted molar refractivity (Wildman–Crippen MR) is 183 cm³/mol. The van der Waals surface area contributed by atoms with Crippen LogP contribution in [-0.4, -0.2) is 27.6 Å². The number of fused-ring (bicyclic) bond motifs is 1. The van der Waals surface area contributed by atoms with Crippen LogP contribution in [0.2, 0.25) is 0 Å². The first-order chi connectivity index (χ1) is 21.9. The van der Waals surface area contributed by atoms with Crippen LogP contribution in [0.3, 0.4) is 0 Å². The monoisotopic (exact) mass is 601 g/mol. The fourth-order valence-electron chi connectivity index (χ4n) is 5.72. The van der Waals surface area contributed by atoms with Gasteiger partial charge >= 0.3 is 0 Å². The number of aromatic amines is 1. The van der Waals surface area contributed by atoms with Crippen molar-refractivity contribution in [2.24, 2.45) is 5.92 Å². The quantitative estimate of drug-likeness (QED) is 0.0777. The number of carbonyl (C=O) groups excluding carboxylic acids is 1. The number of H-pyrrole nitrogens is 1. The summed E-state index contributed by atoms with van der Waals surface area (Å²) in [4.78, 5) is 15.7. The van der Waals surface area contributed by atoms with Crippen molar-refractivity contribution in [2.45, 2.75) is 58.3 Å². The molecule has 5 heteroatoms. The lowest BCUT2D eigenvalue weighted by Gasteiger charge is -2.13. The number of phenolic OH excluding ortho intramolecular Hbond substituents is 2. The Kier molecular flexibility index (Phi) is 11.1. The molecule has 0 aliphatic heterocycles. The van der Waals surface area contributed by atoms with Crippen molar-refractivity contribution >= 4 is 16.7 Å². The fourth-order valence-corrected chi connectivity index (χ4v) is 5.72. The molecule has 3 N–H and O–H groups in total. The standard InChI is InChI=1S/C40H43NO4/c1-29(12-13-30-9-5-3-6-10-30)8-4-2-7-11-35(42)18-14-31-15-21-39(44)40(26-31)45-25-23-32-16-19-36(43)28-37(32)33-17-20-38-34(27-33)22-24-41-38/h3,5-7,9-11,15-17,19-22,24,26-29,41,43-44H,2,4,8,12-14,18,23,25H2,1H3. The van der Waals surface area contributed by atoms with Gasteiger partial charge in [-0.1, -0.05) is 68.0 Å². The number of ketones is 1. The molecule has 5 nitrogen and oxygen atoms in total. The normalized spacial score (nSPS) is 12.1. The first kappa shape index (κ1) is 31.6. The van der Waals surface area contributed by atoms with Gasteiger partial charge in [-0.3, -0.25) is 4.79 Å². The van der Waals surface area contributed by atoms with Gasteiger partial charge in [0.1, 0.15) is 5.75 Å². The maximum absolute atomic E-state index is 12.5. The van der Waals surface area contributed by atoms with Crippen LogP contribution in [-0.2, 0) is 24.1 Å². The van der Waals surface area contributed by atoms with E-state index >= 15 is 0 Å². The largest absolute Gasteiger partial charge is 0.508 e. The van der Waals surface area contributed by atoms with Gasteiger partial charge in [0, 0.05) is 24.6 Å². The Morgan fingerprint density at radius 1 is 0.867 bits per heavy atom. The van der Waals surface area contributed by atoms with E-state index in [0.29, 0.717) is 37.5 Å². The number of phenols is 2. The number of allylic oxidation sites excluding steroid dienone is 2. The molecule has 1 unspecified atom stereocenters. The van der Waals surface area contributed by atoms with Crippen molar-refractivity contribution < 1.29 is 19.7 Å². The number of nitrogens with one attached hydrogen (secondary N) is 1. The first-order valence-corrected chi connectivity index (χ1v) is 16.0. The van der Waals surface area contributed by atoms with Crippen LogP contribution in [0.5, 0.6) is 17.2 Å². The molecule has 232 valence electrons. The number of hydrogen-bond donors (Lipinski definition) is 3.